The number of aromatic amines is 1. The Hall–Kier alpha value is -3.33. The number of carbonyl (C=O) groups excluding carboxylic acids is 1. The van der Waals surface area contributed by atoms with Gasteiger partial charge in [-0.2, -0.15) is 0 Å². The number of hydrogen-bond donors (Lipinski definition) is 2. The number of aryl methyl sites for hydroxylation is 1. The summed E-state index contributed by atoms with van der Waals surface area (Å²) < 4.78 is 16.8. The van der Waals surface area contributed by atoms with Gasteiger partial charge in [0.15, 0.2) is 11.5 Å². The number of aromatic nitrogens is 2. The Labute approximate surface area is 180 Å². The van der Waals surface area contributed by atoms with Crippen LogP contribution in [0.1, 0.15) is 35.5 Å². The highest BCUT2D eigenvalue weighted by Gasteiger charge is 2.21. The summed E-state index contributed by atoms with van der Waals surface area (Å²) in [4.78, 5) is 33.6. The van der Waals surface area contributed by atoms with Gasteiger partial charge in [0.1, 0.15) is 17.8 Å². The third-order valence-corrected chi connectivity index (χ3v) is 5.14. The molecule has 0 atom stereocenters. The van der Waals surface area contributed by atoms with Crippen LogP contribution in [0.5, 0.6) is 11.5 Å². The molecule has 0 saturated carbocycles. The monoisotopic (exact) mass is 428 g/mol. The molecule has 31 heavy (non-hydrogen) atoms. The zero-order chi connectivity index (χ0) is 22.4. The van der Waals surface area contributed by atoms with Crippen LogP contribution < -0.4 is 20.3 Å². The predicted octanol–water partition coefficient (Wildman–Crippen LogP) is 2.48. The molecule has 0 aliphatic carbocycles. The zero-order valence-corrected chi connectivity index (χ0v) is 18.3. The fourth-order valence-corrected chi connectivity index (χ4v) is 3.36. The molecule has 1 amide bonds. The molecule has 3 rings (SSSR count). The van der Waals surface area contributed by atoms with E-state index in [4.69, 9.17) is 13.9 Å². The minimum absolute atomic E-state index is 0.138. The quantitative estimate of drug-likeness (QED) is 0.510. The number of benzene rings is 1. The first-order valence-corrected chi connectivity index (χ1v) is 10.3. The van der Waals surface area contributed by atoms with E-state index in [0.717, 1.165) is 25.2 Å². The Bertz CT molecular complexity index is 1100. The van der Waals surface area contributed by atoms with Crippen LogP contribution in [-0.4, -0.2) is 54.1 Å². The number of carbonyl (C=O) groups is 1. The molecule has 1 aromatic carbocycles. The molecule has 0 radical (unpaired) electrons. The van der Waals surface area contributed by atoms with E-state index in [-0.39, 0.29) is 23.2 Å². The number of likely N-dealkylation sites (N-methyl/N-ethyl adjacent to an activating group) is 1. The van der Waals surface area contributed by atoms with Gasteiger partial charge in [0, 0.05) is 13.1 Å². The summed E-state index contributed by atoms with van der Waals surface area (Å²) in [7, 11) is 1.58. The van der Waals surface area contributed by atoms with Gasteiger partial charge >= 0.3 is 0 Å². The van der Waals surface area contributed by atoms with E-state index >= 15 is 0 Å². The molecule has 2 N–H and O–H groups in total. The maximum Gasteiger partial charge on any atom is 0.262 e. The van der Waals surface area contributed by atoms with Crippen molar-refractivity contribution in [2.45, 2.75) is 27.3 Å². The molecule has 0 fully saturated rings. The number of furan rings is 1. The van der Waals surface area contributed by atoms with Gasteiger partial charge < -0.3 is 29.1 Å². The van der Waals surface area contributed by atoms with Crippen molar-refractivity contribution < 1.29 is 18.7 Å². The van der Waals surface area contributed by atoms with Crippen molar-refractivity contribution in [1.29, 1.82) is 0 Å². The third kappa shape index (κ3) is 5.05. The van der Waals surface area contributed by atoms with Crippen LogP contribution in [-0.2, 0) is 6.54 Å². The molecule has 2 heterocycles. The molecular weight excluding hydrogens is 400 g/mol. The number of methoxy groups -OCH3 is 1. The van der Waals surface area contributed by atoms with Gasteiger partial charge in [0.2, 0.25) is 5.71 Å². The SMILES string of the molecule is CCN(CC)CCOc1ccc(CNC(=O)c2c(C)oc3nc[nH]c(=O)c23)cc1OC. The van der Waals surface area contributed by atoms with E-state index in [0.29, 0.717) is 23.9 Å². The van der Waals surface area contributed by atoms with Crippen LogP contribution >= 0.6 is 0 Å². The second-order valence-corrected chi connectivity index (χ2v) is 6.99. The van der Waals surface area contributed by atoms with E-state index < -0.39 is 11.5 Å². The van der Waals surface area contributed by atoms with Gasteiger partial charge in [-0.25, -0.2) is 4.98 Å². The van der Waals surface area contributed by atoms with Crippen LogP contribution in [0.2, 0.25) is 0 Å². The maximum absolute atomic E-state index is 12.7. The van der Waals surface area contributed by atoms with Gasteiger partial charge in [-0.05, 0) is 37.7 Å². The van der Waals surface area contributed by atoms with Crippen molar-refractivity contribution >= 4 is 17.0 Å². The average Bonchev–Trinajstić information content (AvgIpc) is 3.12. The predicted molar refractivity (Wildman–Crippen MR) is 117 cm³/mol. The third-order valence-electron chi connectivity index (χ3n) is 5.14. The molecule has 0 bridgehead atoms. The van der Waals surface area contributed by atoms with Gasteiger partial charge in [-0.15, -0.1) is 0 Å². The lowest BCUT2D eigenvalue weighted by molar-refractivity contribution is 0.0950. The Morgan fingerprint density at radius 1 is 1.26 bits per heavy atom. The summed E-state index contributed by atoms with van der Waals surface area (Å²) in [6.07, 6.45) is 1.24. The highest BCUT2D eigenvalue weighted by atomic mass is 16.5. The largest absolute Gasteiger partial charge is 0.493 e. The minimum Gasteiger partial charge on any atom is -0.493 e. The second-order valence-electron chi connectivity index (χ2n) is 6.99. The first-order chi connectivity index (χ1) is 15.0. The van der Waals surface area contributed by atoms with Crippen LogP contribution in [0.15, 0.2) is 33.7 Å². The summed E-state index contributed by atoms with van der Waals surface area (Å²) in [5, 5.41) is 2.97. The van der Waals surface area contributed by atoms with E-state index in [1.54, 1.807) is 14.0 Å². The van der Waals surface area contributed by atoms with Crippen LogP contribution in [0, 0.1) is 6.92 Å². The lowest BCUT2D eigenvalue weighted by Crippen LogP contribution is -2.28. The summed E-state index contributed by atoms with van der Waals surface area (Å²) in [6.45, 7) is 9.46. The second kappa shape index (κ2) is 10.1. The number of fused-ring (bicyclic) bond motifs is 1. The van der Waals surface area contributed by atoms with Crippen molar-refractivity contribution in [3.8, 4) is 11.5 Å². The van der Waals surface area contributed by atoms with Crippen molar-refractivity contribution in [3.63, 3.8) is 0 Å². The van der Waals surface area contributed by atoms with E-state index in [9.17, 15) is 9.59 Å². The lowest BCUT2D eigenvalue weighted by atomic mass is 10.1. The number of amides is 1. The highest BCUT2D eigenvalue weighted by Crippen LogP contribution is 2.28. The fraction of sp³-hybridized carbons (Fsp3) is 0.409. The number of nitrogens with one attached hydrogen (secondary N) is 2. The summed E-state index contributed by atoms with van der Waals surface area (Å²) in [6, 6.07) is 5.52. The van der Waals surface area contributed by atoms with Crippen LogP contribution in [0.4, 0.5) is 0 Å². The standard InChI is InChI=1S/C22H28N4O5/c1-5-26(6-2)9-10-30-16-8-7-15(11-17(16)29-4)12-23-20(27)18-14(3)31-22-19(18)21(28)24-13-25-22/h7-8,11,13H,5-6,9-10,12H2,1-4H3,(H,23,27)(H,24,25,28). The molecule has 166 valence electrons. The molecule has 0 saturated heterocycles. The first-order valence-electron chi connectivity index (χ1n) is 10.3. The van der Waals surface area contributed by atoms with Gasteiger partial charge in [0.05, 0.1) is 19.0 Å². The van der Waals surface area contributed by atoms with Crippen LogP contribution in [0.3, 0.4) is 0 Å². The van der Waals surface area contributed by atoms with E-state index in [1.165, 1.54) is 6.33 Å². The summed E-state index contributed by atoms with van der Waals surface area (Å²) >= 11 is 0. The van der Waals surface area contributed by atoms with Crippen LogP contribution in [0.25, 0.3) is 11.1 Å². The number of hydrogen-bond acceptors (Lipinski definition) is 7. The molecule has 0 spiro atoms. The number of rotatable bonds is 10. The van der Waals surface area contributed by atoms with Crippen molar-refractivity contribution in [2.24, 2.45) is 0 Å². The van der Waals surface area contributed by atoms with Gasteiger partial charge in [-0.1, -0.05) is 19.9 Å². The van der Waals surface area contributed by atoms with E-state index in [2.05, 4.69) is 34.0 Å². The lowest BCUT2D eigenvalue weighted by Gasteiger charge is -2.19. The van der Waals surface area contributed by atoms with E-state index in [1.807, 2.05) is 18.2 Å². The molecule has 0 aliphatic rings. The topological polar surface area (TPSA) is 110 Å². The average molecular weight is 428 g/mol. The van der Waals surface area contributed by atoms with Crippen molar-refractivity contribution in [1.82, 2.24) is 20.2 Å². The van der Waals surface area contributed by atoms with Gasteiger partial charge in [-0.3, -0.25) is 9.59 Å². The summed E-state index contributed by atoms with van der Waals surface area (Å²) in [5.74, 6) is 1.18. The van der Waals surface area contributed by atoms with Gasteiger partial charge in [0.25, 0.3) is 11.5 Å². The van der Waals surface area contributed by atoms with Crippen molar-refractivity contribution in [3.05, 3.63) is 51.8 Å². The number of H-pyrrole nitrogens is 1. The molecule has 2 aromatic heterocycles. The maximum atomic E-state index is 12.7. The minimum atomic E-state index is -0.417. The molecule has 3 aromatic rings. The Morgan fingerprint density at radius 2 is 2.03 bits per heavy atom. The Balaban J connectivity index is 1.68. The zero-order valence-electron chi connectivity index (χ0n) is 18.3. The summed E-state index contributed by atoms with van der Waals surface area (Å²) in [5.41, 5.74) is 0.741. The first kappa shape index (κ1) is 22.4. The molecule has 9 heteroatoms. The Morgan fingerprint density at radius 3 is 2.74 bits per heavy atom. The van der Waals surface area contributed by atoms with Crippen molar-refractivity contribution in [2.75, 3.05) is 33.4 Å². The number of ether oxygens (including phenoxy) is 2. The molecule has 0 aliphatic heterocycles. The Kier molecular flexibility index (Phi) is 7.30. The molecule has 9 nitrogen and oxygen atoms in total. The highest BCUT2D eigenvalue weighted by molar-refractivity contribution is 6.06. The molecule has 0 unspecified atom stereocenters. The molecular formula is C22H28N4O5. The number of nitrogens with zero attached hydrogens (tertiary/aromatic N) is 2. The smallest absolute Gasteiger partial charge is 0.262 e. The normalized spacial score (nSPS) is 11.1. The fourth-order valence-electron chi connectivity index (χ4n) is 3.36.